The lowest BCUT2D eigenvalue weighted by Crippen LogP contribution is -2.44. The van der Waals surface area contributed by atoms with Crippen LogP contribution >= 0.6 is 0 Å². The van der Waals surface area contributed by atoms with E-state index in [0.717, 1.165) is 18.1 Å². The number of aliphatic imine (C=N–C) groups is 1. The Hall–Kier alpha value is -2.50. The van der Waals surface area contributed by atoms with Crippen molar-refractivity contribution in [2.45, 2.75) is 39.7 Å². The predicted molar refractivity (Wildman–Crippen MR) is 91.9 cm³/mol. The summed E-state index contributed by atoms with van der Waals surface area (Å²) in [5.74, 6) is -0.668. The second kappa shape index (κ2) is 6.95. The lowest BCUT2D eigenvalue weighted by molar-refractivity contribution is -0.132. The van der Waals surface area contributed by atoms with Gasteiger partial charge in [0.05, 0.1) is 0 Å². The molecule has 1 aliphatic rings. The number of carbonyl (C=O) groups excluding carboxylic acids is 1. The minimum Gasteiger partial charge on any atom is -0.478 e. The average Bonchev–Trinajstić information content (AvgIpc) is 2.81. The number of carboxylic acid groups (broad SMARTS) is 1. The van der Waals surface area contributed by atoms with Crippen molar-refractivity contribution in [3.05, 3.63) is 41.7 Å². The predicted octanol–water partition coefficient (Wildman–Crippen LogP) is 2.29. The molecule has 0 saturated carbocycles. The zero-order valence-electron chi connectivity index (χ0n) is 14.5. The van der Waals surface area contributed by atoms with E-state index in [1.54, 1.807) is 13.1 Å². The number of rotatable bonds is 6. The van der Waals surface area contributed by atoms with E-state index >= 15 is 0 Å². The Morgan fingerprint density at radius 1 is 1.42 bits per heavy atom. The van der Waals surface area contributed by atoms with Crippen molar-refractivity contribution in [1.82, 2.24) is 9.88 Å². The minimum atomic E-state index is -1.04. The smallest absolute Gasteiger partial charge is 0.328 e. The van der Waals surface area contributed by atoms with E-state index in [9.17, 15) is 9.59 Å². The van der Waals surface area contributed by atoms with Crippen LogP contribution in [0.15, 0.2) is 35.5 Å². The van der Waals surface area contributed by atoms with Gasteiger partial charge in [0.2, 0.25) is 0 Å². The normalized spacial score (nSPS) is 21.0. The summed E-state index contributed by atoms with van der Waals surface area (Å²) in [7, 11) is 0. The second-order valence-corrected chi connectivity index (χ2v) is 6.30. The van der Waals surface area contributed by atoms with Gasteiger partial charge in [-0.2, -0.15) is 0 Å². The number of aliphatic carboxylic acids is 1. The number of carbonyl (C=O) groups is 2. The van der Waals surface area contributed by atoms with E-state index in [0.29, 0.717) is 11.5 Å². The molecule has 1 amide bonds. The van der Waals surface area contributed by atoms with Gasteiger partial charge in [0.25, 0.3) is 5.91 Å². The van der Waals surface area contributed by atoms with Crippen molar-refractivity contribution in [2.24, 2.45) is 10.9 Å². The molecule has 1 atom stereocenters. The van der Waals surface area contributed by atoms with Gasteiger partial charge in [-0.15, -0.1) is 0 Å². The molecule has 2 rings (SSSR count). The third-order valence-corrected chi connectivity index (χ3v) is 4.41. The highest BCUT2D eigenvalue weighted by Gasteiger charge is 2.46. The number of hydrogen-bond acceptors (Lipinski definition) is 4. The zero-order valence-corrected chi connectivity index (χ0v) is 14.5. The number of amides is 1. The third kappa shape index (κ3) is 3.37. The van der Waals surface area contributed by atoms with Crippen LogP contribution in [0.2, 0.25) is 0 Å². The van der Waals surface area contributed by atoms with Crippen LogP contribution in [0.25, 0.3) is 0 Å². The fourth-order valence-electron chi connectivity index (χ4n) is 2.46. The molecular weight excluding hydrogens is 306 g/mol. The van der Waals surface area contributed by atoms with Gasteiger partial charge in [-0.1, -0.05) is 32.9 Å². The maximum Gasteiger partial charge on any atom is 0.328 e. The number of nitrogens with zero attached hydrogens (tertiary/aromatic N) is 3. The fourth-order valence-corrected chi connectivity index (χ4v) is 2.46. The molecule has 128 valence electrons. The molecule has 0 aliphatic carbocycles. The summed E-state index contributed by atoms with van der Waals surface area (Å²) in [5, 5.41) is 8.75. The maximum absolute atomic E-state index is 12.9. The number of aryl methyl sites for hydroxylation is 1. The van der Waals surface area contributed by atoms with Crippen LogP contribution in [0.4, 0.5) is 0 Å². The molecule has 0 spiro atoms. The van der Waals surface area contributed by atoms with Crippen molar-refractivity contribution in [3.8, 4) is 0 Å². The van der Waals surface area contributed by atoms with Crippen LogP contribution in [-0.4, -0.2) is 44.8 Å². The number of carboxylic acids is 1. The van der Waals surface area contributed by atoms with Crippen LogP contribution in [0, 0.1) is 5.92 Å². The molecule has 0 fully saturated rings. The van der Waals surface area contributed by atoms with E-state index in [2.05, 4.69) is 9.98 Å². The molecule has 0 aromatic carbocycles. The summed E-state index contributed by atoms with van der Waals surface area (Å²) in [6, 6.07) is 3.82. The van der Waals surface area contributed by atoms with Crippen molar-refractivity contribution in [2.75, 3.05) is 6.54 Å². The molecule has 0 saturated heterocycles. The molecule has 1 aromatic heterocycles. The van der Waals surface area contributed by atoms with Crippen LogP contribution < -0.4 is 0 Å². The van der Waals surface area contributed by atoms with Gasteiger partial charge in [0.15, 0.2) is 5.84 Å². The van der Waals surface area contributed by atoms with Crippen molar-refractivity contribution in [1.29, 1.82) is 0 Å². The molecule has 1 N–H and O–H groups in total. The Morgan fingerprint density at radius 3 is 2.62 bits per heavy atom. The molecule has 24 heavy (non-hydrogen) atoms. The quantitative estimate of drug-likeness (QED) is 0.812. The first kappa shape index (κ1) is 17.8. The summed E-state index contributed by atoms with van der Waals surface area (Å²) < 4.78 is 0. The molecule has 1 aliphatic heterocycles. The van der Waals surface area contributed by atoms with Gasteiger partial charge in [-0.3, -0.25) is 14.7 Å². The summed E-state index contributed by atoms with van der Waals surface area (Å²) >= 11 is 0. The highest BCUT2D eigenvalue weighted by molar-refractivity contribution is 6.14. The zero-order chi connectivity index (χ0) is 17.9. The SMILES string of the molecule is CCc1ccc(C2=NC(C)(C(C)C)C(=O)N2C/C=C/C(=O)O)nc1. The topological polar surface area (TPSA) is 82.9 Å². The molecule has 1 unspecified atom stereocenters. The molecule has 6 heteroatoms. The summed E-state index contributed by atoms with van der Waals surface area (Å²) in [6.07, 6.45) is 5.14. The van der Waals surface area contributed by atoms with Gasteiger partial charge in [-0.05, 0) is 30.9 Å². The largest absolute Gasteiger partial charge is 0.478 e. The van der Waals surface area contributed by atoms with E-state index in [-0.39, 0.29) is 18.4 Å². The van der Waals surface area contributed by atoms with Gasteiger partial charge < -0.3 is 5.11 Å². The average molecular weight is 329 g/mol. The van der Waals surface area contributed by atoms with E-state index < -0.39 is 11.5 Å². The minimum absolute atomic E-state index is 0.0170. The molecule has 0 bridgehead atoms. The van der Waals surface area contributed by atoms with Crippen LogP contribution in [0.3, 0.4) is 0 Å². The van der Waals surface area contributed by atoms with Gasteiger partial charge >= 0.3 is 5.97 Å². The first-order chi connectivity index (χ1) is 11.3. The Kier molecular flexibility index (Phi) is 5.17. The molecule has 1 aromatic rings. The van der Waals surface area contributed by atoms with Crippen molar-refractivity contribution < 1.29 is 14.7 Å². The lowest BCUT2D eigenvalue weighted by atomic mass is 9.89. The van der Waals surface area contributed by atoms with Crippen molar-refractivity contribution in [3.63, 3.8) is 0 Å². The highest BCUT2D eigenvalue weighted by atomic mass is 16.4. The van der Waals surface area contributed by atoms with E-state index in [4.69, 9.17) is 5.11 Å². The summed E-state index contributed by atoms with van der Waals surface area (Å²) in [5.41, 5.74) is 0.860. The maximum atomic E-state index is 12.9. The van der Waals surface area contributed by atoms with Gasteiger partial charge in [-0.25, -0.2) is 9.79 Å². The Balaban J connectivity index is 2.40. The van der Waals surface area contributed by atoms with Crippen LogP contribution in [-0.2, 0) is 16.0 Å². The molecule has 2 heterocycles. The summed E-state index contributed by atoms with van der Waals surface area (Å²) in [4.78, 5) is 34.1. The first-order valence-corrected chi connectivity index (χ1v) is 8.06. The number of aromatic nitrogens is 1. The van der Waals surface area contributed by atoms with Crippen molar-refractivity contribution >= 4 is 17.7 Å². The Labute approximate surface area is 141 Å². The number of hydrogen-bond donors (Lipinski definition) is 1. The van der Waals surface area contributed by atoms with Gasteiger partial charge in [0.1, 0.15) is 11.2 Å². The fraction of sp³-hybridized carbons (Fsp3) is 0.444. The summed E-state index contributed by atoms with van der Waals surface area (Å²) in [6.45, 7) is 7.91. The highest BCUT2D eigenvalue weighted by Crippen LogP contribution is 2.31. The Bertz CT molecular complexity index is 692. The number of pyridine rings is 1. The molecular formula is C18H23N3O3. The van der Waals surface area contributed by atoms with Crippen LogP contribution in [0.1, 0.15) is 39.0 Å². The molecule has 0 radical (unpaired) electrons. The standard InChI is InChI=1S/C18H23N3O3/c1-5-13-8-9-14(19-11-13)16-20-18(4,12(2)3)17(24)21(16)10-6-7-15(22)23/h6-9,11-12H,5,10H2,1-4H3,(H,22,23)/b7-6+. The second-order valence-electron chi connectivity index (χ2n) is 6.30. The molecule has 6 nitrogen and oxygen atoms in total. The lowest BCUT2D eigenvalue weighted by Gasteiger charge is -2.25. The van der Waals surface area contributed by atoms with E-state index in [1.807, 2.05) is 32.9 Å². The van der Waals surface area contributed by atoms with Gasteiger partial charge in [0, 0.05) is 18.8 Å². The first-order valence-electron chi connectivity index (χ1n) is 8.06. The van der Waals surface area contributed by atoms with Crippen LogP contribution in [0.5, 0.6) is 0 Å². The van der Waals surface area contributed by atoms with E-state index in [1.165, 1.54) is 11.0 Å². The number of amidine groups is 1. The monoisotopic (exact) mass is 329 g/mol. The third-order valence-electron chi connectivity index (χ3n) is 4.41. The Morgan fingerprint density at radius 2 is 2.12 bits per heavy atom.